The van der Waals surface area contributed by atoms with Gasteiger partial charge in [0, 0.05) is 18.2 Å². The maximum Gasteiger partial charge on any atom is 0.208 e. The standard InChI is InChI=1S/C15H11BrN2O2/c1-8-11(16)15(20)10-12(9-6-4-3-5-7-9)17-18(2)13(10)14(8)19/h3-7H,1-2H3. The SMILES string of the molecule is CC1=C(Br)C(=O)c2c(-c3ccccc3)nn(C)c2C1=O. The van der Waals surface area contributed by atoms with Gasteiger partial charge in [-0.3, -0.25) is 14.3 Å². The maximum atomic E-state index is 12.5. The molecule has 5 heteroatoms. The molecule has 1 aliphatic carbocycles. The highest BCUT2D eigenvalue weighted by molar-refractivity contribution is 9.12. The van der Waals surface area contributed by atoms with Gasteiger partial charge in [0.25, 0.3) is 0 Å². The Hall–Kier alpha value is -2.01. The van der Waals surface area contributed by atoms with E-state index in [1.165, 1.54) is 4.68 Å². The summed E-state index contributed by atoms with van der Waals surface area (Å²) in [7, 11) is 1.68. The maximum absolute atomic E-state index is 12.5. The van der Waals surface area contributed by atoms with Crippen LogP contribution in [0.2, 0.25) is 0 Å². The second-order valence-corrected chi connectivity index (χ2v) is 5.45. The summed E-state index contributed by atoms with van der Waals surface area (Å²) in [5, 5.41) is 4.36. The molecule has 0 aliphatic heterocycles. The van der Waals surface area contributed by atoms with Crippen LogP contribution in [0.1, 0.15) is 27.8 Å². The van der Waals surface area contributed by atoms with Gasteiger partial charge in [0.05, 0.1) is 10.0 Å². The van der Waals surface area contributed by atoms with Crippen molar-refractivity contribution in [2.75, 3.05) is 0 Å². The molecule has 1 aromatic carbocycles. The van der Waals surface area contributed by atoms with Gasteiger partial charge in [-0.15, -0.1) is 0 Å². The van der Waals surface area contributed by atoms with E-state index in [2.05, 4.69) is 21.0 Å². The number of fused-ring (bicyclic) bond motifs is 1. The Balaban J connectivity index is 2.32. The van der Waals surface area contributed by atoms with E-state index in [0.29, 0.717) is 27.0 Å². The summed E-state index contributed by atoms with van der Waals surface area (Å²) in [6.07, 6.45) is 0. The number of Topliss-reactive ketones (excluding diaryl/α,β-unsaturated/α-hetero) is 2. The predicted molar refractivity (Wildman–Crippen MR) is 78.9 cm³/mol. The van der Waals surface area contributed by atoms with Gasteiger partial charge in [0.15, 0.2) is 0 Å². The Labute approximate surface area is 124 Å². The Morgan fingerprint density at radius 2 is 1.75 bits per heavy atom. The van der Waals surface area contributed by atoms with Gasteiger partial charge >= 0.3 is 0 Å². The fraction of sp³-hybridized carbons (Fsp3) is 0.133. The molecule has 0 bridgehead atoms. The fourth-order valence-electron chi connectivity index (χ4n) is 2.35. The lowest BCUT2D eigenvalue weighted by Crippen LogP contribution is -2.20. The molecule has 3 rings (SSSR count). The third-order valence-electron chi connectivity index (χ3n) is 3.41. The minimum absolute atomic E-state index is 0.163. The number of ketones is 2. The van der Waals surface area contributed by atoms with E-state index in [4.69, 9.17) is 0 Å². The number of carbonyl (C=O) groups is 2. The van der Waals surface area contributed by atoms with Gasteiger partial charge in [-0.1, -0.05) is 30.3 Å². The van der Waals surface area contributed by atoms with Crippen LogP contribution in [-0.4, -0.2) is 21.3 Å². The summed E-state index contributed by atoms with van der Waals surface area (Å²) in [5.41, 5.74) is 2.53. The molecule has 0 saturated heterocycles. The zero-order valence-electron chi connectivity index (χ0n) is 11.0. The number of aromatic nitrogens is 2. The third-order valence-corrected chi connectivity index (χ3v) is 4.36. The molecule has 2 aromatic rings. The van der Waals surface area contributed by atoms with E-state index in [0.717, 1.165) is 5.56 Å². The van der Waals surface area contributed by atoms with Crippen LogP contribution in [0.4, 0.5) is 0 Å². The van der Waals surface area contributed by atoms with Crippen LogP contribution in [0, 0.1) is 0 Å². The first kappa shape index (κ1) is 13.0. The molecule has 0 fully saturated rings. The van der Waals surface area contributed by atoms with Gasteiger partial charge in [0.2, 0.25) is 11.6 Å². The van der Waals surface area contributed by atoms with Crippen LogP contribution in [0.3, 0.4) is 0 Å². The highest BCUT2D eigenvalue weighted by Gasteiger charge is 2.35. The molecule has 1 aromatic heterocycles. The highest BCUT2D eigenvalue weighted by atomic mass is 79.9. The van der Waals surface area contributed by atoms with Crippen molar-refractivity contribution >= 4 is 27.5 Å². The summed E-state index contributed by atoms with van der Waals surface area (Å²) >= 11 is 3.22. The number of hydrogen-bond acceptors (Lipinski definition) is 3. The number of rotatable bonds is 1. The number of hydrogen-bond donors (Lipinski definition) is 0. The second-order valence-electron chi connectivity index (χ2n) is 4.66. The Bertz CT molecular complexity index is 773. The molecule has 0 radical (unpaired) electrons. The molecular formula is C15H11BrN2O2. The van der Waals surface area contributed by atoms with E-state index in [1.54, 1.807) is 14.0 Å². The average molecular weight is 331 g/mol. The molecular weight excluding hydrogens is 320 g/mol. The normalized spacial score (nSPS) is 14.8. The van der Waals surface area contributed by atoms with Crippen molar-refractivity contribution in [2.45, 2.75) is 6.92 Å². The lowest BCUT2D eigenvalue weighted by Gasteiger charge is -2.13. The lowest BCUT2D eigenvalue weighted by atomic mass is 9.92. The van der Waals surface area contributed by atoms with Crippen molar-refractivity contribution in [3.8, 4) is 11.3 Å². The molecule has 20 heavy (non-hydrogen) atoms. The Morgan fingerprint density at radius 1 is 1.10 bits per heavy atom. The quantitative estimate of drug-likeness (QED) is 0.807. The highest BCUT2D eigenvalue weighted by Crippen LogP contribution is 2.35. The molecule has 0 amide bonds. The van der Waals surface area contributed by atoms with Gasteiger partial charge in [-0.25, -0.2) is 0 Å². The van der Waals surface area contributed by atoms with E-state index in [-0.39, 0.29) is 11.6 Å². The summed E-state index contributed by atoms with van der Waals surface area (Å²) < 4.78 is 1.81. The number of aryl methyl sites for hydroxylation is 1. The van der Waals surface area contributed by atoms with Gasteiger partial charge in [-0.05, 0) is 22.9 Å². The zero-order chi connectivity index (χ0) is 14.4. The molecule has 0 unspecified atom stereocenters. The van der Waals surface area contributed by atoms with Crippen molar-refractivity contribution in [3.05, 3.63) is 51.6 Å². The zero-order valence-corrected chi connectivity index (χ0v) is 12.6. The van der Waals surface area contributed by atoms with Crippen molar-refractivity contribution in [1.29, 1.82) is 0 Å². The number of allylic oxidation sites excluding steroid dienone is 2. The Morgan fingerprint density at radius 3 is 2.40 bits per heavy atom. The number of benzene rings is 1. The summed E-state index contributed by atoms with van der Waals surface area (Å²) in [4.78, 5) is 24.8. The van der Waals surface area contributed by atoms with Crippen molar-refractivity contribution in [1.82, 2.24) is 9.78 Å². The number of halogens is 1. The van der Waals surface area contributed by atoms with Crippen LogP contribution in [-0.2, 0) is 7.05 Å². The molecule has 4 nitrogen and oxygen atoms in total. The molecule has 0 N–H and O–H groups in total. The minimum atomic E-state index is -0.191. The van der Waals surface area contributed by atoms with Crippen LogP contribution in [0.15, 0.2) is 40.4 Å². The van der Waals surface area contributed by atoms with Crippen LogP contribution < -0.4 is 0 Å². The molecule has 100 valence electrons. The predicted octanol–water partition coefficient (Wildman–Crippen LogP) is 3.14. The Kier molecular flexibility index (Phi) is 2.94. The average Bonchev–Trinajstić information content (AvgIpc) is 2.81. The van der Waals surface area contributed by atoms with Crippen molar-refractivity contribution < 1.29 is 9.59 Å². The monoisotopic (exact) mass is 330 g/mol. The van der Waals surface area contributed by atoms with Crippen molar-refractivity contribution in [2.24, 2.45) is 7.05 Å². The summed E-state index contributed by atoms with van der Waals surface area (Å²) in [5.74, 6) is -0.354. The minimum Gasteiger partial charge on any atom is -0.288 e. The summed E-state index contributed by atoms with van der Waals surface area (Å²) in [6.45, 7) is 1.64. The third kappa shape index (κ3) is 1.70. The van der Waals surface area contributed by atoms with Crippen LogP contribution >= 0.6 is 15.9 Å². The van der Waals surface area contributed by atoms with Crippen LogP contribution in [0.25, 0.3) is 11.3 Å². The fourth-order valence-corrected chi connectivity index (χ4v) is 2.73. The van der Waals surface area contributed by atoms with Crippen molar-refractivity contribution in [3.63, 3.8) is 0 Å². The number of nitrogens with zero attached hydrogens (tertiary/aromatic N) is 2. The topological polar surface area (TPSA) is 52.0 Å². The molecule has 0 spiro atoms. The first-order valence-corrected chi connectivity index (χ1v) is 6.90. The second kappa shape index (κ2) is 4.52. The van der Waals surface area contributed by atoms with Gasteiger partial charge in [0.1, 0.15) is 11.4 Å². The molecule has 0 atom stereocenters. The van der Waals surface area contributed by atoms with E-state index in [9.17, 15) is 9.59 Å². The summed E-state index contributed by atoms with van der Waals surface area (Å²) in [6, 6.07) is 9.40. The molecule has 1 aliphatic rings. The first-order chi connectivity index (χ1) is 9.52. The van der Waals surface area contributed by atoms with Gasteiger partial charge < -0.3 is 0 Å². The molecule has 1 heterocycles. The number of carbonyl (C=O) groups excluding carboxylic acids is 2. The lowest BCUT2D eigenvalue weighted by molar-refractivity contribution is 0.0977. The first-order valence-electron chi connectivity index (χ1n) is 6.10. The van der Waals surface area contributed by atoms with E-state index < -0.39 is 0 Å². The van der Waals surface area contributed by atoms with E-state index in [1.807, 2.05) is 30.3 Å². The van der Waals surface area contributed by atoms with Gasteiger partial charge in [-0.2, -0.15) is 5.10 Å². The largest absolute Gasteiger partial charge is 0.288 e. The van der Waals surface area contributed by atoms with E-state index >= 15 is 0 Å². The van der Waals surface area contributed by atoms with Crippen LogP contribution in [0.5, 0.6) is 0 Å². The smallest absolute Gasteiger partial charge is 0.208 e. The molecule has 0 saturated carbocycles.